The van der Waals surface area contributed by atoms with Crippen LogP contribution in [0.5, 0.6) is 0 Å². The molecule has 0 radical (unpaired) electrons. The molecule has 1 aromatic rings. The first-order valence-corrected chi connectivity index (χ1v) is 8.91. The van der Waals surface area contributed by atoms with Crippen LogP contribution in [0.2, 0.25) is 0 Å². The van der Waals surface area contributed by atoms with Crippen LogP contribution in [0.15, 0.2) is 22.9 Å². The molecule has 1 saturated heterocycles. The number of piperidine rings is 1. The summed E-state index contributed by atoms with van der Waals surface area (Å²) in [5, 5.41) is 2.88. The number of nitrogens with zero attached hydrogens (tertiary/aromatic N) is 2. The van der Waals surface area contributed by atoms with E-state index < -0.39 is 5.60 Å². The maximum atomic E-state index is 11.7. The number of carbonyl (C=O) groups is 1. The number of aromatic nitrogens is 1. The van der Waals surface area contributed by atoms with Crippen LogP contribution in [-0.4, -0.2) is 41.2 Å². The summed E-state index contributed by atoms with van der Waals surface area (Å²) in [6.07, 6.45) is 3.79. The molecule has 5 nitrogen and oxygen atoms in total. The van der Waals surface area contributed by atoms with Crippen LogP contribution in [0.4, 0.5) is 4.79 Å². The number of pyridine rings is 1. The Bertz CT molecular complexity index is 506. The Morgan fingerprint density at radius 2 is 2.09 bits per heavy atom. The fourth-order valence-electron chi connectivity index (χ4n) is 2.65. The lowest BCUT2D eigenvalue weighted by Crippen LogP contribution is -2.40. The smallest absolute Gasteiger partial charge is 0.407 e. The standard InChI is InChI=1S/C17H26BrN3O2/c1-17(2,3)23-16(22)20-10-13-6-8-21(9-7-13)12-14-4-5-15(18)19-11-14/h4-5,11,13H,6-10,12H2,1-3H3,(H,20,22). The van der Waals surface area contributed by atoms with Crippen molar-refractivity contribution in [3.8, 4) is 0 Å². The Hall–Kier alpha value is -1.14. The lowest BCUT2D eigenvalue weighted by molar-refractivity contribution is 0.0509. The molecule has 0 unspecified atom stereocenters. The first-order chi connectivity index (χ1) is 10.8. The third-order valence-electron chi connectivity index (χ3n) is 3.84. The highest BCUT2D eigenvalue weighted by atomic mass is 79.9. The normalized spacial score (nSPS) is 17.0. The third kappa shape index (κ3) is 6.87. The minimum atomic E-state index is -0.438. The van der Waals surface area contributed by atoms with E-state index >= 15 is 0 Å². The Morgan fingerprint density at radius 3 is 2.65 bits per heavy atom. The molecule has 1 aromatic heterocycles. The number of nitrogens with one attached hydrogen (secondary N) is 1. The van der Waals surface area contributed by atoms with Crippen LogP contribution < -0.4 is 5.32 Å². The SMILES string of the molecule is CC(C)(C)OC(=O)NCC1CCN(Cc2ccc(Br)nc2)CC1. The quantitative estimate of drug-likeness (QED) is 0.807. The molecule has 1 aliphatic rings. The van der Waals surface area contributed by atoms with Crippen molar-refractivity contribution in [1.82, 2.24) is 15.2 Å². The molecule has 0 saturated carbocycles. The molecule has 2 heterocycles. The van der Waals surface area contributed by atoms with E-state index in [9.17, 15) is 4.79 Å². The van der Waals surface area contributed by atoms with Crippen LogP contribution in [0, 0.1) is 5.92 Å². The van der Waals surface area contributed by atoms with Crippen molar-refractivity contribution in [2.24, 2.45) is 5.92 Å². The van der Waals surface area contributed by atoms with E-state index in [2.05, 4.69) is 37.2 Å². The average molecular weight is 384 g/mol. The molecule has 6 heteroatoms. The molecule has 1 aliphatic heterocycles. The van der Waals surface area contributed by atoms with Crippen molar-refractivity contribution >= 4 is 22.0 Å². The Labute approximate surface area is 146 Å². The van der Waals surface area contributed by atoms with E-state index in [1.807, 2.05) is 33.0 Å². The molecule has 0 bridgehead atoms. The topological polar surface area (TPSA) is 54.5 Å². The maximum Gasteiger partial charge on any atom is 0.407 e. The lowest BCUT2D eigenvalue weighted by Gasteiger charge is -2.32. The number of alkyl carbamates (subject to hydrolysis) is 1. The monoisotopic (exact) mass is 383 g/mol. The number of hydrogen-bond acceptors (Lipinski definition) is 4. The Kier molecular flexibility index (Phi) is 6.41. The summed E-state index contributed by atoms with van der Waals surface area (Å²) >= 11 is 3.36. The molecule has 1 fully saturated rings. The minimum absolute atomic E-state index is 0.319. The molecule has 0 spiro atoms. The van der Waals surface area contributed by atoms with Crippen molar-refractivity contribution in [3.63, 3.8) is 0 Å². The van der Waals surface area contributed by atoms with Crippen LogP contribution >= 0.6 is 15.9 Å². The van der Waals surface area contributed by atoms with Gasteiger partial charge in [0.15, 0.2) is 0 Å². The molecular weight excluding hydrogens is 358 g/mol. The number of ether oxygens (including phenoxy) is 1. The second-order valence-corrected chi connectivity index (χ2v) is 7.90. The van der Waals surface area contributed by atoms with Crippen molar-refractivity contribution in [2.75, 3.05) is 19.6 Å². The molecule has 1 N–H and O–H groups in total. The fourth-order valence-corrected chi connectivity index (χ4v) is 2.88. The van der Waals surface area contributed by atoms with Crippen LogP contribution in [-0.2, 0) is 11.3 Å². The highest BCUT2D eigenvalue weighted by molar-refractivity contribution is 9.10. The van der Waals surface area contributed by atoms with E-state index in [1.54, 1.807) is 0 Å². The number of amides is 1. The Morgan fingerprint density at radius 1 is 1.39 bits per heavy atom. The zero-order valence-corrected chi connectivity index (χ0v) is 15.7. The van der Waals surface area contributed by atoms with Crippen molar-refractivity contribution in [2.45, 2.75) is 45.8 Å². The third-order valence-corrected chi connectivity index (χ3v) is 4.31. The van der Waals surface area contributed by atoms with Gasteiger partial charge in [0.2, 0.25) is 0 Å². The molecule has 23 heavy (non-hydrogen) atoms. The zero-order chi connectivity index (χ0) is 16.9. The van der Waals surface area contributed by atoms with E-state index in [-0.39, 0.29) is 6.09 Å². The molecule has 1 amide bonds. The summed E-state index contributed by atoms with van der Waals surface area (Å²) in [5.41, 5.74) is 0.796. The van der Waals surface area contributed by atoms with Gasteiger partial charge in [0.25, 0.3) is 0 Å². The predicted octanol–water partition coefficient (Wildman–Crippen LogP) is 3.58. The predicted molar refractivity (Wildman–Crippen MR) is 94.2 cm³/mol. The highest BCUT2D eigenvalue weighted by Crippen LogP contribution is 2.19. The summed E-state index contributed by atoms with van der Waals surface area (Å²) in [6, 6.07) is 4.08. The summed E-state index contributed by atoms with van der Waals surface area (Å²) in [6.45, 7) is 9.37. The molecule has 0 aliphatic carbocycles. The van der Waals surface area contributed by atoms with Crippen molar-refractivity contribution in [1.29, 1.82) is 0 Å². The average Bonchev–Trinajstić information content (AvgIpc) is 2.47. The van der Waals surface area contributed by atoms with E-state index in [4.69, 9.17) is 4.74 Å². The number of rotatable bonds is 4. The van der Waals surface area contributed by atoms with Gasteiger partial charge in [0.1, 0.15) is 10.2 Å². The summed E-state index contributed by atoms with van der Waals surface area (Å²) < 4.78 is 6.14. The van der Waals surface area contributed by atoms with Gasteiger partial charge in [0.05, 0.1) is 0 Å². The number of carbonyl (C=O) groups excluding carboxylic acids is 1. The van der Waals surface area contributed by atoms with E-state index in [0.717, 1.165) is 37.1 Å². The van der Waals surface area contributed by atoms with Crippen molar-refractivity contribution in [3.05, 3.63) is 28.5 Å². The Balaban J connectivity index is 1.67. The van der Waals surface area contributed by atoms with Gasteiger partial charge in [-0.1, -0.05) is 6.07 Å². The van der Waals surface area contributed by atoms with Gasteiger partial charge >= 0.3 is 6.09 Å². The van der Waals surface area contributed by atoms with Gasteiger partial charge in [-0.3, -0.25) is 4.90 Å². The van der Waals surface area contributed by atoms with Gasteiger partial charge in [-0.05, 0) is 80.2 Å². The first kappa shape index (κ1) is 18.2. The van der Waals surface area contributed by atoms with Crippen LogP contribution in [0.3, 0.4) is 0 Å². The maximum absolute atomic E-state index is 11.7. The molecule has 128 valence electrons. The number of hydrogen-bond donors (Lipinski definition) is 1. The van der Waals surface area contributed by atoms with Gasteiger partial charge in [-0.25, -0.2) is 9.78 Å². The zero-order valence-electron chi connectivity index (χ0n) is 14.1. The van der Waals surface area contributed by atoms with E-state index in [1.165, 1.54) is 5.56 Å². The fraction of sp³-hybridized carbons (Fsp3) is 0.647. The largest absolute Gasteiger partial charge is 0.444 e. The number of halogens is 1. The second kappa shape index (κ2) is 8.11. The first-order valence-electron chi connectivity index (χ1n) is 8.11. The summed E-state index contributed by atoms with van der Waals surface area (Å²) in [7, 11) is 0. The van der Waals surface area contributed by atoms with Crippen LogP contribution in [0.1, 0.15) is 39.2 Å². The van der Waals surface area contributed by atoms with Gasteiger partial charge in [0, 0.05) is 19.3 Å². The molecular formula is C17H26BrN3O2. The lowest BCUT2D eigenvalue weighted by atomic mass is 9.96. The molecule has 2 rings (SSSR count). The molecule has 0 aromatic carbocycles. The van der Waals surface area contributed by atoms with Gasteiger partial charge < -0.3 is 10.1 Å². The minimum Gasteiger partial charge on any atom is -0.444 e. The van der Waals surface area contributed by atoms with E-state index in [0.29, 0.717) is 12.5 Å². The highest BCUT2D eigenvalue weighted by Gasteiger charge is 2.21. The van der Waals surface area contributed by atoms with Crippen LogP contribution in [0.25, 0.3) is 0 Å². The molecule has 0 atom stereocenters. The summed E-state index contributed by atoms with van der Waals surface area (Å²) in [5.74, 6) is 0.529. The second-order valence-electron chi connectivity index (χ2n) is 7.09. The van der Waals surface area contributed by atoms with Crippen molar-refractivity contribution < 1.29 is 9.53 Å². The van der Waals surface area contributed by atoms with Gasteiger partial charge in [-0.2, -0.15) is 0 Å². The summed E-state index contributed by atoms with van der Waals surface area (Å²) in [4.78, 5) is 18.4. The number of likely N-dealkylation sites (tertiary alicyclic amines) is 1. The van der Waals surface area contributed by atoms with Gasteiger partial charge in [-0.15, -0.1) is 0 Å².